The third-order valence-electron chi connectivity index (χ3n) is 6.38. The van der Waals surface area contributed by atoms with Crippen LogP contribution in [0.2, 0.25) is 0 Å². The molecule has 2 aromatic rings. The molecule has 3 rings (SSSR count). The first kappa shape index (κ1) is 24.1. The van der Waals surface area contributed by atoms with Crippen molar-refractivity contribution in [1.82, 2.24) is 0 Å². The molecule has 1 saturated carbocycles. The summed E-state index contributed by atoms with van der Waals surface area (Å²) in [4.78, 5) is 51.1. The van der Waals surface area contributed by atoms with E-state index in [1.54, 1.807) is 74.5 Å². The van der Waals surface area contributed by atoms with Crippen LogP contribution >= 0.6 is 0 Å². The van der Waals surface area contributed by atoms with Crippen molar-refractivity contribution >= 4 is 18.2 Å². The van der Waals surface area contributed by atoms with Crippen LogP contribution in [0, 0.1) is 21.4 Å². The van der Waals surface area contributed by atoms with E-state index in [0.717, 1.165) is 0 Å². The van der Waals surface area contributed by atoms with Gasteiger partial charge in [0, 0.05) is 10.8 Å². The van der Waals surface area contributed by atoms with Gasteiger partial charge >= 0.3 is 11.9 Å². The third-order valence-corrected chi connectivity index (χ3v) is 6.38. The smallest absolute Gasteiger partial charge is 0.314 e. The molecule has 0 saturated heterocycles. The molecule has 2 aromatic carbocycles. The van der Waals surface area contributed by atoms with Crippen LogP contribution in [0.4, 0.5) is 0 Å². The minimum atomic E-state index is -1.80. The van der Waals surface area contributed by atoms with E-state index in [1.165, 1.54) is 0 Å². The maximum atomic E-state index is 13.6. The lowest BCUT2D eigenvalue weighted by Gasteiger charge is -2.35. The summed E-state index contributed by atoms with van der Waals surface area (Å²) < 4.78 is 10.5. The molecule has 33 heavy (non-hydrogen) atoms. The Hall–Kier alpha value is -3.55. The highest BCUT2D eigenvalue weighted by Gasteiger charge is 2.70. The van der Waals surface area contributed by atoms with Crippen molar-refractivity contribution in [2.24, 2.45) is 11.3 Å². The molecule has 8 nitrogen and oxygen atoms in total. The Kier molecular flexibility index (Phi) is 7.58. The average Bonchev–Trinajstić information content (AvgIpc) is 3.11. The highest BCUT2D eigenvalue weighted by Crippen LogP contribution is 2.61. The summed E-state index contributed by atoms with van der Waals surface area (Å²) in [6.45, 7) is 3.30. The highest BCUT2D eigenvalue weighted by molar-refractivity contribution is 5.89. The SMILES string of the molecule is CCOC(=O)C[C@@]1(C(=O)OCC)[C@H](C=O)[C@@H](c2ccccc2)[C@@H]([N+](=O)[O-])[C@@H]1c1ccccc1. The average molecular weight is 453 g/mol. The van der Waals surface area contributed by atoms with Crippen molar-refractivity contribution in [3.63, 3.8) is 0 Å². The molecule has 0 heterocycles. The van der Waals surface area contributed by atoms with Gasteiger partial charge in [-0.1, -0.05) is 60.7 Å². The van der Waals surface area contributed by atoms with E-state index in [0.29, 0.717) is 17.4 Å². The van der Waals surface area contributed by atoms with E-state index in [-0.39, 0.29) is 13.2 Å². The first-order valence-corrected chi connectivity index (χ1v) is 10.9. The van der Waals surface area contributed by atoms with Crippen LogP contribution < -0.4 is 0 Å². The minimum Gasteiger partial charge on any atom is -0.466 e. The van der Waals surface area contributed by atoms with Gasteiger partial charge in [-0.3, -0.25) is 19.7 Å². The molecule has 0 N–H and O–H groups in total. The number of hydrogen-bond acceptors (Lipinski definition) is 7. The molecule has 1 aliphatic carbocycles. The van der Waals surface area contributed by atoms with E-state index in [4.69, 9.17) is 9.47 Å². The van der Waals surface area contributed by atoms with Gasteiger partial charge in [0.1, 0.15) is 11.7 Å². The van der Waals surface area contributed by atoms with Crippen LogP contribution in [0.3, 0.4) is 0 Å². The molecule has 1 fully saturated rings. The van der Waals surface area contributed by atoms with Gasteiger partial charge in [0.25, 0.3) is 0 Å². The zero-order valence-electron chi connectivity index (χ0n) is 18.6. The van der Waals surface area contributed by atoms with E-state index < -0.39 is 52.5 Å². The second-order valence-electron chi connectivity index (χ2n) is 8.01. The third kappa shape index (κ3) is 4.37. The normalized spacial score (nSPS) is 26.4. The Bertz CT molecular complexity index is 994. The van der Waals surface area contributed by atoms with Crippen molar-refractivity contribution in [1.29, 1.82) is 0 Å². The zero-order valence-corrected chi connectivity index (χ0v) is 18.6. The summed E-state index contributed by atoms with van der Waals surface area (Å²) in [5, 5.41) is 12.5. The van der Waals surface area contributed by atoms with E-state index in [1.807, 2.05) is 0 Å². The predicted molar refractivity (Wildman–Crippen MR) is 119 cm³/mol. The summed E-state index contributed by atoms with van der Waals surface area (Å²) in [5.74, 6) is -4.73. The van der Waals surface area contributed by atoms with Crippen molar-refractivity contribution < 1.29 is 28.8 Å². The molecule has 5 atom stereocenters. The Morgan fingerprint density at radius 3 is 2.00 bits per heavy atom. The fraction of sp³-hybridized carbons (Fsp3) is 0.400. The summed E-state index contributed by atoms with van der Waals surface area (Å²) >= 11 is 0. The maximum Gasteiger partial charge on any atom is 0.314 e. The Balaban J connectivity index is 2.35. The van der Waals surface area contributed by atoms with Crippen molar-refractivity contribution in [2.45, 2.75) is 38.1 Å². The minimum absolute atomic E-state index is 0.00434. The molecule has 0 amide bonds. The Morgan fingerprint density at radius 2 is 1.52 bits per heavy atom. The summed E-state index contributed by atoms with van der Waals surface area (Å²) in [5.41, 5.74) is -0.766. The molecule has 0 aliphatic heterocycles. The number of carbonyl (C=O) groups is 3. The lowest BCUT2D eigenvalue weighted by molar-refractivity contribution is -0.528. The molecular weight excluding hydrogens is 426 g/mol. The van der Waals surface area contributed by atoms with Gasteiger partial charge in [-0.2, -0.15) is 0 Å². The van der Waals surface area contributed by atoms with Crippen molar-refractivity contribution in [2.75, 3.05) is 13.2 Å². The number of rotatable bonds is 9. The number of esters is 2. The van der Waals surface area contributed by atoms with E-state index in [9.17, 15) is 24.5 Å². The number of aldehydes is 1. The number of ether oxygens (including phenoxy) is 2. The lowest BCUT2D eigenvalue weighted by Crippen LogP contribution is -2.45. The molecule has 0 radical (unpaired) electrons. The van der Waals surface area contributed by atoms with Crippen molar-refractivity contribution in [3.8, 4) is 0 Å². The number of hydrogen-bond donors (Lipinski definition) is 0. The van der Waals surface area contributed by atoms with Crippen LogP contribution in [0.1, 0.15) is 43.2 Å². The first-order chi connectivity index (χ1) is 15.9. The van der Waals surface area contributed by atoms with Gasteiger partial charge < -0.3 is 14.3 Å². The topological polar surface area (TPSA) is 113 Å². The summed E-state index contributed by atoms with van der Waals surface area (Å²) in [6, 6.07) is 15.8. The van der Waals surface area contributed by atoms with Gasteiger partial charge in [0.2, 0.25) is 6.04 Å². The van der Waals surface area contributed by atoms with Gasteiger partial charge in [0.05, 0.1) is 31.5 Å². The van der Waals surface area contributed by atoms with Crippen LogP contribution in [0.5, 0.6) is 0 Å². The van der Waals surface area contributed by atoms with Crippen LogP contribution in [0.25, 0.3) is 0 Å². The quantitative estimate of drug-likeness (QED) is 0.247. The Labute approximate surface area is 192 Å². The number of carbonyl (C=O) groups excluding carboxylic acids is 3. The molecule has 8 heteroatoms. The fourth-order valence-electron chi connectivity index (χ4n) is 5.23. The number of nitro groups is 1. The molecular formula is C25H27NO7. The standard InChI is InChI=1S/C25H27NO7/c1-3-32-20(28)15-25(24(29)33-4-2)19(16-27)21(17-11-7-5-8-12-17)23(26(30)31)22(25)18-13-9-6-10-14-18/h5-14,16,19,21-23H,3-4,15H2,1-2H3/t19-,21-,22+,23-,25-/m1/s1. The summed E-state index contributed by atoms with van der Waals surface area (Å²) in [6.07, 6.45) is 0.0591. The number of benzene rings is 2. The summed E-state index contributed by atoms with van der Waals surface area (Å²) in [7, 11) is 0. The largest absolute Gasteiger partial charge is 0.466 e. The van der Waals surface area contributed by atoms with E-state index in [2.05, 4.69) is 0 Å². The van der Waals surface area contributed by atoms with Gasteiger partial charge in [-0.25, -0.2) is 0 Å². The molecule has 1 aliphatic rings. The first-order valence-electron chi connectivity index (χ1n) is 10.9. The molecule has 0 unspecified atom stereocenters. The highest BCUT2D eigenvalue weighted by atomic mass is 16.6. The van der Waals surface area contributed by atoms with Crippen molar-refractivity contribution in [3.05, 3.63) is 81.9 Å². The molecule has 0 spiro atoms. The van der Waals surface area contributed by atoms with Gasteiger partial charge in [-0.15, -0.1) is 0 Å². The number of nitrogens with zero attached hydrogens (tertiary/aromatic N) is 1. The Morgan fingerprint density at radius 1 is 0.970 bits per heavy atom. The van der Waals surface area contributed by atoms with Crippen LogP contribution in [0.15, 0.2) is 60.7 Å². The lowest BCUT2D eigenvalue weighted by atomic mass is 9.66. The predicted octanol–water partition coefficient (Wildman–Crippen LogP) is 3.53. The second-order valence-corrected chi connectivity index (χ2v) is 8.01. The molecule has 0 aromatic heterocycles. The van der Waals surface area contributed by atoms with Gasteiger partial charge in [0.15, 0.2) is 0 Å². The molecule has 0 bridgehead atoms. The molecule has 174 valence electrons. The van der Waals surface area contributed by atoms with Gasteiger partial charge in [-0.05, 0) is 25.0 Å². The zero-order chi connectivity index (χ0) is 24.0. The van der Waals surface area contributed by atoms with Crippen LogP contribution in [-0.2, 0) is 23.9 Å². The maximum absolute atomic E-state index is 13.6. The van der Waals surface area contributed by atoms with Crippen LogP contribution in [-0.4, -0.2) is 42.4 Å². The fourth-order valence-corrected chi connectivity index (χ4v) is 5.23. The monoisotopic (exact) mass is 453 g/mol. The van der Waals surface area contributed by atoms with E-state index >= 15 is 0 Å². The second kappa shape index (κ2) is 10.4.